The fourth-order valence-electron chi connectivity index (χ4n) is 1.32. The first-order chi connectivity index (χ1) is 7.31. The van der Waals surface area contributed by atoms with Gasteiger partial charge in [0.15, 0.2) is 0 Å². The Bertz CT molecular complexity index is 441. The highest BCUT2D eigenvalue weighted by atomic mass is 32.2. The number of aliphatic hydroxyl groups excluding tert-OH is 1. The summed E-state index contributed by atoms with van der Waals surface area (Å²) in [4.78, 5) is 0. The zero-order chi connectivity index (χ0) is 10.7. The van der Waals surface area contributed by atoms with E-state index in [2.05, 4.69) is 16.5 Å². The van der Waals surface area contributed by atoms with E-state index in [0.717, 1.165) is 11.4 Å². The van der Waals surface area contributed by atoms with Gasteiger partial charge < -0.3 is 5.11 Å². The molecule has 0 fully saturated rings. The van der Waals surface area contributed by atoms with E-state index in [1.165, 1.54) is 10.1 Å². The highest BCUT2D eigenvalue weighted by Crippen LogP contribution is 2.26. The Morgan fingerprint density at radius 1 is 1.47 bits per heavy atom. The van der Waals surface area contributed by atoms with Gasteiger partial charge in [0.2, 0.25) is 0 Å². The van der Waals surface area contributed by atoms with Crippen molar-refractivity contribution in [1.29, 1.82) is 0 Å². The maximum atomic E-state index is 8.94. The van der Waals surface area contributed by atoms with Gasteiger partial charge in [-0.05, 0) is 17.6 Å². The summed E-state index contributed by atoms with van der Waals surface area (Å²) in [6.45, 7) is 2.26. The van der Waals surface area contributed by atoms with Gasteiger partial charge in [-0.1, -0.05) is 25.1 Å². The van der Waals surface area contributed by atoms with Crippen molar-refractivity contribution in [2.45, 2.75) is 17.9 Å². The normalized spacial score (nSPS) is 13.2. The molecule has 1 N–H and O–H groups in total. The van der Waals surface area contributed by atoms with Crippen molar-refractivity contribution in [3.8, 4) is 0 Å². The molecule has 0 bridgehead atoms. The van der Waals surface area contributed by atoms with Crippen LogP contribution in [0.4, 0.5) is 0 Å². The SMILES string of the molecule is CC(CO)SCc1nsc2ccccc12. The van der Waals surface area contributed by atoms with Crippen molar-refractivity contribution in [3.63, 3.8) is 0 Å². The predicted octanol–water partition coefficient (Wildman–Crippen LogP) is 2.91. The first-order valence-electron chi connectivity index (χ1n) is 4.87. The lowest BCUT2D eigenvalue weighted by Crippen LogP contribution is -2.02. The van der Waals surface area contributed by atoms with E-state index in [1.54, 1.807) is 23.3 Å². The van der Waals surface area contributed by atoms with Crippen molar-refractivity contribution in [2.24, 2.45) is 0 Å². The summed E-state index contributed by atoms with van der Waals surface area (Å²) in [6, 6.07) is 8.28. The maximum absolute atomic E-state index is 8.94. The number of fused-ring (bicyclic) bond motifs is 1. The molecule has 2 nitrogen and oxygen atoms in total. The Morgan fingerprint density at radius 2 is 2.27 bits per heavy atom. The zero-order valence-corrected chi connectivity index (χ0v) is 10.1. The smallest absolute Gasteiger partial charge is 0.0719 e. The monoisotopic (exact) mass is 239 g/mol. The number of hydrogen-bond donors (Lipinski definition) is 1. The number of aliphatic hydroxyl groups is 1. The Kier molecular flexibility index (Phi) is 3.61. The largest absolute Gasteiger partial charge is 0.395 e. The lowest BCUT2D eigenvalue weighted by atomic mass is 10.2. The number of benzene rings is 1. The molecule has 80 valence electrons. The molecule has 0 saturated carbocycles. The molecule has 0 aliphatic rings. The van der Waals surface area contributed by atoms with Crippen LogP contribution in [0.1, 0.15) is 12.6 Å². The highest BCUT2D eigenvalue weighted by Gasteiger charge is 2.07. The molecule has 15 heavy (non-hydrogen) atoms. The maximum Gasteiger partial charge on any atom is 0.0719 e. The predicted molar refractivity (Wildman–Crippen MR) is 67.5 cm³/mol. The van der Waals surface area contributed by atoms with Gasteiger partial charge in [-0.3, -0.25) is 0 Å². The number of nitrogens with zero attached hydrogens (tertiary/aromatic N) is 1. The molecule has 1 unspecified atom stereocenters. The van der Waals surface area contributed by atoms with E-state index >= 15 is 0 Å². The van der Waals surface area contributed by atoms with Gasteiger partial charge >= 0.3 is 0 Å². The molecule has 2 aromatic rings. The van der Waals surface area contributed by atoms with Crippen LogP contribution in [0.5, 0.6) is 0 Å². The first-order valence-corrected chi connectivity index (χ1v) is 6.69. The second kappa shape index (κ2) is 4.96. The van der Waals surface area contributed by atoms with Gasteiger partial charge in [0, 0.05) is 16.4 Å². The van der Waals surface area contributed by atoms with Crippen LogP contribution in [0.15, 0.2) is 24.3 Å². The van der Waals surface area contributed by atoms with Crippen molar-refractivity contribution in [1.82, 2.24) is 4.37 Å². The molecule has 1 aromatic carbocycles. The van der Waals surface area contributed by atoms with Crippen LogP contribution in [0.3, 0.4) is 0 Å². The van der Waals surface area contributed by atoms with Crippen molar-refractivity contribution in [2.75, 3.05) is 6.61 Å². The standard InChI is InChI=1S/C11H13NOS2/c1-8(6-13)14-7-10-9-4-2-3-5-11(9)15-12-10/h2-5,8,13H,6-7H2,1H3. The summed E-state index contributed by atoms with van der Waals surface area (Å²) < 4.78 is 5.68. The second-order valence-corrected chi connectivity index (χ2v) is 5.66. The van der Waals surface area contributed by atoms with Gasteiger partial charge in [-0.15, -0.1) is 11.8 Å². The quantitative estimate of drug-likeness (QED) is 0.890. The Balaban J connectivity index is 2.14. The van der Waals surface area contributed by atoms with Crippen LogP contribution in [0.2, 0.25) is 0 Å². The highest BCUT2D eigenvalue weighted by molar-refractivity contribution is 7.99. The first kappa shape index (κ1) is 10.9. The summed E-state index contributed by atoms with van der Waals surface area (Å²) >= 11 is 3.29. The van der Waals surface area contributed by atoms with Crippen LogP contribution in [0.25, 0.3) is 10.1 Å². The minimum atomic E-state index is 0.229. The topological polar surface area (TPSA) is 33.1 Å². The van der Waals surface area contributed by atoms with E-state index in [4.69, 9.17) is 5.11 Å². The van der Waals surface area contributed by atoms with Gasteiger partial charge in [-0.25, -0.2) is 0 Å². The van der Waals surface area contributed by atoms with Gasteiger partial charge in [0.05, 0.1) is 17.0 Å². The third kappa shape index (κ3) is 2.51. The molecule has 2 rings (SSSR count). The summed E-state index contributed by atoms with van der Waals surface area (Å²) in [5, 5.41) is 10.5. The molecule has 1 atom stereocenters. The van der Waals surface area contributed by atoms with Crippen LogP contribution in [0, 0.1) is 0 Å². The third-order valence-electron chi connectivity index (χ3n) is 2.21. The molecule has 4 heteroatoms. The average molecular weight is 239 g/mol. The summed E-state index contributed by atoms with van der Waals surface area (Å²) in [5.41, 5.74) is 1.14. The molecule has 0 aliphatic carbocycles. The Morgan fingerprint density at radius 3 is 3.07 bits per heavy atom. The molecule has 0 saturated heterocycles. The van der Waals surface area contributed by atoms with E-state index in [1.807, 2.05) is 19.1 Å². The van der Waals surface area contributed by atoms with Crippen molar-refractivity contribution >= 4 is 33.4 Å². The second-order valence-electron chi connectivity index (χ2n) is 3.43. The number of rotatable bonds is 4. The summed E-state index contributed by atoms with van der Waals surface area (Å²) in [6.07, 6.45) is 0. The number of aromatic nitrogens is 1. The Labute approximate surface area is 97.5 Å². The van der Waals surface area contributed by atoms with Crippen molar-refractivity contribution in [3.05, 3.63) is 30.0 Å². The summed E-state index contributed by atoms with van der Waals surface area (Å²) in [7, 11) is 0. The lowest BCUT2D eigenvalue weighted by Gasteiger charge is -2.05. The van der Waals surface area contributed by atoms with Gasteiger partial charge in [0.25, 0.3) is 0 Å². The van der Waals surface area contributed by atoms with Gasteiger partial charge in [-0.2, -0.15) is 4.37 Å². The van der Waals surface area contributed by atoms with E-state index in [0.29, 0.717) is 0 Å². The molecule has 0 radical (unpaired) electrons. The van der Waals surface area contributed by atoms with E-state index in [9.17, 15) is 0 Å². The molecule has 1 aromatic heterocycles. The molecular weight excluding hydrogens is 226 g/mol. The molecule has 0 aliphatic heterocycles. The third-order valence-corrected chi connectivity index (χ3v) is 4.24. The van der Waals surface area contributed by atoms with Gasteiger partial charge in [0.1, 0.15) is 0 Å². The van der Waals surface area contributed by atoms with E-state index < -0.39 is 0 Å². The molecule has 1 heterocycles. The van der Waals surface area contributed by atoms with Crippen LogP contribution >= 0.6 is 23.3 Å². The van der Waals surface area contributed by atoms with Crippen LogP contribution in [-0.2, 0) is 5.75 Å². The van der Waals surface area contributed by atoms with E-state index in [-0.39, 0.29) is 11.9 Å². The van der Waals surface area contributed by atoms with Crippen molar-refractivity contribution < 1.29 is 5.11 Å². The minimum Gasteiger partial charge on any atom is -0.395 e. The molecule has 0 amide bonds. The average Bonchev–Trinajstić information content (AvgIpc) is 2.69. The molecule has 0 spiro atoms. The minimum absolute atomic E-state index is 0.229. The van der Waals surface area contributed by atoms with Crippen LogP contribution in [-0.4, -0.2) is 21.3 Å². The van der Waals surface area contributed by atoms with Crippen LogP contribution < -0.4 is 0 Å². The Hall–Kier alpha value is -0.580. The summed E-state index contributed by atoms with van der Waals surface area (Å²) in [5.74, 6) is 0.881. The lowest BCUT2D eigenvalue weighted by molar-refractivity contribution is 0.300. The number of thioether (sulfide) groups is 1. The number of hydrogen-bond acceptors (Lipinski definition) is 4. The fraction of sp³-hybridized carbons (Fsp3) is 0.364. The fourth-order valence-corrected chi connectivity index (χ4v) is 2.96. The zero-order valence-electron chi connectivity index (χ0n) is 8.51. The molecular formula is C11H13NOS2.